The lowest BCUT2D eigenvalue weighted by Crippen LogP contribution is -2.28. The van der Waals surface area contributed by atoms with Crippen LogP contribution in [0.1, 0.15) is 11.3 Å². The highest BCUT2D eigenvalue weighted by Crippen LogP contribution is 2.23. The number of fused-ring (bicyclic) bond motifs is 2. The van der Waals surface area contributed by atoms with Crippen molar-refractivity contribution in [3.8, 4) is 0 Å². The van der Waals surface area contributed by atoms with Gasteiger partial charge in [0.2, 0.25) is 11.8 Å². The third-order valence-corrected chi connectivity index (χ3v) is 4.84. The lowest BCUT2D eigenvalue weighted by Gasteiger charge is -2.17. The van der Waals surface area contributed by atoms with E-state index in [0.29, 0.717) is 18.1 Å². The van der Waals surface area contributed by atoms with Crippen molar-refractivity contribution in [3.05, 3.63) is 59.9 Å². The minimum atomic E-state index is -0.110. The van der Waals surface area contributed by atoms with E-state index in [1.54, 1.807) is 30.3 Å². The van der Waals surface area contributed by atoms with Gasteiger partial charge in [0, 0.05) is 37.6 Å². The standard InChI is InChI=1S/C21H21N5O2/c1-25(13-16-10-15-5-3-4-6-18(15)26(16)2)20(28)8-7-14-9-17-21(22-11-14)23-12-19(27)24-17/h3-11H,12-13H2,1-2H3,(H,22,23)(H,24,27). The molecule has 2 aromatic heterocycles. The molecule has 0 aliphatic carbocycles. The normalized spacial score (nSPS) is 13.3. The molecule has 0 spiro atoms. The van der Waals surface area contributed by atoms with E-state index in [1.165, 1.54) is 6.08 Å². The zero-order chi connectivity index (χ0) is 19.7. The lowest BCUT2D eigenvalue weighted by molar-refractivity contribution is -0.125. The van der Waals surface area contributed by atoms with Crippen molar-refractivity contribution in [3.63, 3.8) is 0 Å². The lowest BCUT2D eigenvalue weighted by atomic mass is 10.2. The van der Waals surface area contributed by atoms with E-state index >= 15 is 0 Å². The second kappa shape index (κ2) is 7.19. The van der Waals surface area contributed by atoms with Crippen molar-refractivity contribution in [2.75, 3.05) is 24.2 Å². The molecule has 0 unspecified atom stereocenters. The maximum absolute atomic E-state index is 12.5. The van der Waals surface area contributed by atoms with Crippen LogP contribution in [0.3, 0.4) is 0 Å². The number of nitrogens with one attached hydrogen (secondary N) is 2. The number of rotatable bonds is 4. The number of nitrogens with zero attached hydrogens (tertiary/aromatic N) is 3. The highest BCUT2D eigenvalue weighted by molar-refractivity contribution is 6.00. The molecule has 142 valence electrons. The van der Waals surface area contributed by atoms with Crippen LogP contribution < -0.4 is 10.6 Å². The average Bonchev–Trinajstić information content (AvgIpc) is 3.01. The van der Waals surface area contributed by atoms with Gasteiger partial charge in [0.1, 0.15) is 5.82 Å². The Balaban J connectivity index is 1.46. The van der Waals surface area contributed by atoms with Crippen LogP contribution in [0.2, 0.25) is 0 Å². The van der Waals surface area contributed by atoms with Gasteiger partial charge >= 0.3 is 0 Å². The van der Waals surface area contributed by atoms with Crippen LogP contribution in [0.15, 0.2) is 48.7 Å². The van der Waals surface area contributed by atoms with Crippen LogP contribution >= 0.6 is 0 Å². The molecular weight excluding hydrogens is 354 g/mol. The molecule has 3 heterocycles. The van der Waals surface area contributed by atoms with E-state index in [9.17, 15) is 9.59 Å². The van der Waals surface area contributed by atoms with Crippen LogP contribution in [-0.4, -0.2) is 39.9 Å². The Bertz CT molecular complexity index is 1100. The SMILES string of the molecule is CN(Cc1cc2ccccc2n1C)C(=O)C=Cc1cnc2c(c1)NC(=O)CN2. The summed E-state index contributed by atoms with van der Waals surface area (Å²) in [7, 11) is 3.78. The van der Waals surface area contributed by atoms with Crippen molar-refractivity contribution in [2.24, 2.45) is 7.05 Å². The zero-order valence-corrected chi connectivity index (χ0v) is 15.8. The highest BCUT2D eigenvalue weighted by atomic mass is 16.2. The van der Waals surface area contributed by atoms with Gasteiger partial charge in [-0.1, -0.05) is 18.2 Å². The monoisotopic (exact) mass is 375 g/mol. The number of benzene rings is 1. The Morgan fingerprint density at radius 3 is 2.96 bits per heavy atom. The van der Waals surface area contributed by atoms with Gasteiger partial charge in [-0.2, -0.15) is 0 Å². The molecule has 0 atom stereocenters. The molecule has 28 heavy (non-hydrogen) atoms. The smallest absolute Gasteiger partial charge is 0.246 e. The van der Waals surface area contributed by atoms with Crippen molar-refractivity contribution in [2.45, 2.75) is 6.54 Å². The summed E-state index contributed by atoms with van der Waals surface area (Å²) < 4.78 is 2.10. The first-order valence-electron chi connectivity index (χ1n) is 9.01. The van der Waals surface area contributed by atoms with E-state index in [-0.39, 0.29) is 18.4 Å². The van der Waals surface area contributed by atoms with Crippen molar-refractivity contribution < 1.29 is 9.59 Å². The van der Waals surface area contributed by atoms with Gasteiger partial charge in [-0.05, 0) is 35.2 Å². The van der Waals surface area contributed by atoms with Crippen LogP contribution in [0, 0.1) is 0 Å². The molecule has 0 saturated heterocycles. The number of amides is 2. The Morgan fingerprint density at radius 2 is 2.14 bits per heavy atom. The molecule has 0 fully saturated rings. The summed E-state index contributed by atoms with van der Waals surface area (Å²) in [6.45, 7) is 0.726. The summed E-state index contributed by atoms with van der Waals surface area (Å²) in [5.41, 5.74) is 3.57. The fourth-order valence-corrected chi connectivity index (χ4v) is 3.28. The topological polar surface area (TPSA) is 79.3 Å². The predicted molar refractivity (Wildman–Crippen MR) is 110 cm³/mol. The van der Waals surface area contributed by atoms with Crippen LogP contribution in [0.4, 0.5) is 11.5 Å². The Kier molecular flexibility index (Phi) is 4.57. The van der Waals surface area contributed by atoms with Crippen LogP contribution in [-0.2, 0) is 23.2 Å². The molecule has 1 aliphatic heterocycles. The molecule has 1 aromatic carbocycles. The van der Waals surface area contributed by atoms with Gasteiger partial charge in [-0.15, -0.1) is 0 Å². The van der Waals surface area contributed by atoms with Gasteiger partial charge in [-0.3, -0.25) is 9.59 Å². The first kappa shape index (κ1) is 17.8. The van der Waals surface area contributed by atoms with E-state index in [2.05, 4.69) is 38.4 Å². The van der Waals surface area contributed by atoms with Gasteiger partial charge < -0.3 is 20.1 Å². The number of hydrogen-bond donors (Lipinski definition) is 2. The number of aromatic nitrogens is 2. The van der Waals surface area contributed by atoms with E-state index in [4.69, 9.17) is 0 Å². The molecule has 1 aliphatic rings. The first-order chi connectivity index (χ1) is 13.5. The van der Waals surface area contributed by atoms with Crippen LogP contribution in [0.5, 0.6) is 0 Å². The number of hydrogen-bond acceptors (Lipinski definition) is 4. The molecule has 2 amide bonds. The molecule has 2 N–H and O–H groups in total. The van der Waals surface area contributed by atoms with E-state index in [0.717, 1.165) is 22.2 Å². The number of pyridine rings is 1. The Labute approximate surface area is 162 Å². The number of para-hydroxylation sites is 1. The number of carbonyl (C=O) groups excluding carboxylic acids is 2. The van der Waals surface area contributed by atoms with Crippen LogP contribution in [0.25, 0.3) is 17.0 Å². The summed E-state index contributed by atoms with van der Waals surface area (Å²) in [5.74, 6) is 0.419. The number of anilines is 2. The third-order valence-electron chi connectivity index (χ3n) is 4.84. The minimum Gasteiger partial charge on any atom is -0.359 e. The maximum atomic E-state index is 12.5. The number of aryl methyl sites for hydroxylation is 1. The largest absolute Gasteiger partial charge is 0.359 e. The minimum absolute atomic E-state index is 0.106. The summed E-state index contributed by atoms with van der Waals surface area (Å²) in [6, 6.07) is 12.0. The molecule has 4 rings (SSSR count). The van der Waals surface area contributed by atoms with Gasteiger partial charge in [0.15, 0.2) is 0 Å². The molecule has 0 bridgehead atoms. The van der Waals surface area contributed by atoms with Crippen molar-refractivity contribution in [1.82, 2.24) is 14.5 Å². The third kappa shape index (κ3) is 3.46. The summed E-state index contributed by atoms with van der Waals surface area (Å²) in [5, 5.41) is 6.87. The summed E-state index contributed by atoms with van der Waals surface area (Å²) >= 11 is 0. The maximum Gasteiger partial charge on any atom is 0.246 e. The Hall–Kier alpha value is -3.61. The second-order valence-electron chi connectivity index (χ2n) is 6.85. The average molecular weight is 375 g/mol. The second-order valence-corrected chi connectivity index (χ2v) is 6.85. The Morgan fingerprint density at radius 1 is 1.32 bits per heavy atom. The van der Waals surface area contributed by atoms with Gasteiger partial charge in [-0.25, -0.2) is 4.98 Å². The molecule has 7 nitrogen and oxygen atoms in total. The molecule has 3 aromatic rings. The highest BCUT2D eigenvalue weighted by Gasteiger charge is 2.15. The predicted octanol–water partition coefficient (Wildman–Crippen LogP) is 2.61. The van der Waals surface area contributed by atoms with Crippen molar-refractivity contribution >= 4 is 40.3 Å². The number of likely N-dealkylation sites (N-methyl/N-ethyl adjacent to an activating group) is 1. The van der Waals surface area contributed by atoms with E-state index < -0.39 is 0 Å². The number of carbonyl (C=O) groups is 2. The van der Waals surface area contributed by atoms with Gasteiger partial charge in [0.05, 0.1) is 18.8 Å². The molecule has 0 radical (unpaired) electrons. The molecular formula is C21H21N5O2. The molecule has 0 saturated carbocycles. The summed E-state index contributed by atoms with van der Waals surface area (Å²) in [4.78, 5) is 29.9. The molecule has 7 heteroatoms. The van der Waals surface area contributed by atoms with E-state index in [1.807, 2.05) is 19.2 Å². The zero-order valence-electron chi connectivity index (χ0n) is 15.8. The quantitative estimate of drug-likeness (QED) is 0.687. The summed E-state index contributed by atoms with van der Waals surface area (Å²) in [6.07, 6.45) is 4.88. The van der Waals surface area contributed by atoms with Crippen molar-refractivity contribution in [1.29, 1.82) is 0 Å². The van der Waals surface area contributed by atoms with Gasteiger partial charge in [0.25, 0.3) is 0 Å². The fraction of sp³-hybridized carbons (Fsp3) is 0.190. The fourth-order valence-electron chi connectivity index (χ4n) is 3.28. The first-order valence-corrected chi connectivity index (χ1v) is 9.01.